The third-order valence-corrected chi connectivity index (χ3v) is 7.03. The summed E-state index contributed by atoms with van der Waals surface area (Å²) in [6.07, 6.45) is 18.0. The first-order valence-electron chi connectivity index (χ1n) is 12.1. The maximum atomic E-state index is 12.5. The van der Waals surface area contributed by atoms with Crippen molar-refractivity contribution >= 4 is 11.5 Å². The number of carbonyl (C=O) groups excluding carboxylic acids is 1. The second-order valence-corrected chi connectivity index (χ2v) is 10.8. The van der Waals surface area contributed by atoms with Crippen LogP contribution in [0.15, 0.2) is 64.8 Å². The molecule has 2 heteroatoms. The summed E-state index contributed by atoms with van der Waals surface area (Å²) in [4.78, 5) is 17.4. The van der Waals surface area contributed by atoms with Gasteiger partial charge in [-0.2, -0.15) is 0 Å². The lowest BCUT2D eigenvalue weighted by atomic mass is 9.74. The molecule has 1 aromatic rings. The first-order valence-corrected chi connectivity index (χ1v) is 12.1. The molecule has 1 aliphatic heterocycles. The number of rotatable bonds is 6. The van der Waals surface area contributed by atoms with Gasteiger partial charge in [-0.15, -0.1) is 0 Å². The van der Waals surface area contributed by atoms with Crippen LogP contribution in [0.25, 0.3) is 0 Å². The van der Waals surface area contributed by atoms with E-state index in [0.717, 1.165) is 19.3 Å². The molecule has 1 aromatic carbocycles. The number of hydrogen-bond acceptors (Lipinski definition) is 2. The van der Waals surface area contributed by atoms with Crippen LogP contribution >= 0.6 is 0 Å². The molecule has 2 atom stereocenters. The van der Waals surface area contributed by atoms with Crippen molar-refractivity contribution in [2.45, 2.75) is 84.5 Å². The van der Waals surface area contributed by atoms with E-state index >= 15 is 0 Å². The number of carbonyl (C=O) groups is 1. The molecule has 0 spiro atoms. The van der Waals surface area contributed by atoms with Gasteiger partial charge in [-0.1, -0.05) is 75.3 Å². The molecule has 31 heavy (non-hydrogen) atoms. The number of benzene rings is 1. The minimum Gasteiger partial charge on any atom is -0.299 e. The standard InChI is InChI=1S/C29H37NO/c1-29(2,3)16-15-26(31)19-21-8-4-10-23(18-21)24-11-5-12-25(20-24)28-27-14-6-9-22(27)13-7-17-30-28/h4,6-8,10,14,17-18,24-25H,5,9,11-13,15-16,19-20H2,1-3H3. The quantitative estimate of drug-likeness (QED) is 0.472. The predicted octanol–water partition coefficient (Wildman–Crippen LogP) is 7.51. The molecule has 0 aromatic heterocycles. The van der Waals surface area contributed by atoms with E-state index in [0.29, 0.717) is 30.5 Å². The fourth-order valence-electron chi connectivity index (χ4n) is 5.26. The summed E-state index contributed by atoms with van der Waals surface area (Å²) in [6.45, 7) is 6.61. The summed E-state index contributed by atoms with van der Waals surface area (Å²) in [5, 5.41) is 0. The van der Waals surface area contributed by atoms with Crippen LogP contribution in [0.5, 0.6) is 0 Å². The number of ketones is 1. The van der Waals surface area contributed by atoms with Crippen LogP contribution in [-0.2, 0) is 11.2 Å². The van der Waals surface area contributed by atoms with E-state index in [-0.39, 0.29) is 5.41 Å². The van der Waals surface area contributed by atoms with E-state index in [1.54, 1.807) is 0 Å². The zero-order valence-corrected chi connectivity index (χ0v) is 19.5. The first-order chi connectivity index (χ1) is 14.9. The minimum atomic E-state index is 0.217. The maximum absolute atomic E-state index is 12.5. The monoisotopic (exact) mass is 415 g/mol. The van der Waals surface area contributed by atoms with Gasteiger partial charge >= 0.3 is 0 Å². The van der Waals surface area contributed by atoms with E-state index in [1.807, 2.05) is 6.20 Å². The number of allylic oxidation sites excluding steroid dienone is 5. The molecule has 164 valence electrons. The van der Waals surface area contributed by atoms with Crippen LogP contribution < -0.4 is 0 Å². The summed E-state index contributed by atoms with van der Waals surface area (Å²) >= 11 is 0. The summed E-state index contributed by atoms with van der Waals surface area (Å²) < 4.78 is 0. The Morgan fingerprint density at radius 2 is 1.90 bits per heavy atom. The van der Waals surface area contributed by atoms with Crippen molar-refractivity contribution in [3.05, 3.63) is 71.0 Å². The van der Waals surface area contributed by atoms with E-state index in [1.165, 1.54) is 53.7 Å². The largest absolute Gasteiger partial charge is 0.299 e. The molecule has 1 heterocycles. The van der Waals surface area contributed by atoms with E-state index < -0.39 is 0 Å². The Morgan fingerprint density at radius 3 is 2.74 bits per heavy atom. The Bertz CT molecular complexity index is 938. The second-order valence-electron chi connectivity index (χ2n) is 10.8. The number of aliphatic imine (C=N–C) groups is 1. The van der Waals surface area contributed by atoms with Crippen LogP contribution in [0.1, 0.15) is 89.2 Å². The lowest BCUT2D eigenvalue weighted by Crippen LogP contribution is -2.23. The summed E-state index contributed by atoms with van der Waals surface area (Å²) in [6, 6.07) is 8.85. The molecule has 1 saturated carbocycles. The van der Waals surface area contributed by atoms with Crippen molar-refractivity contribution < 1.29 is 4.79 Å². The summed E-state index contributed by atoms with van der Waals surface area (Å²) in [5.41, 5.74) is 7.06. The van der Waals surface area contributed by atoms with E-state index in [9.17, 15) is 4.79 Å². The summed E-state index contributed by atoms with van der Waals surface area (Å²) in [7, 11) is 0. The average molecular weight is 416 g/mol. The fraction of sp³-hybridized carbons (Fsp3) is 0.517. The van der Waals surface area contributed by atoms with Gasteiger partial charge in [-0.3, -0.25) is 9.79 Å². The number of Topliss-reactive ketones (excluding diaryl/α,β-unsaturated/α-hetero) is 1. The molecule has 0 bridgehead atoms. The van der Waals surface area contributed by atoms with Crippen LogP contribution in [0.3, 0.4) is 0 Å². The van der Waals surface area contributed by atoms with Crippen molar-refractivity contribution in [3.8, 4) is 0 Å². The normalized spacial score (nSPS) is 23.5. The molecule has 0 radical (unpaired) electrons. The topological polar surface area (TPSA) is 29.4 Å². The van der Waals surface area contributed by atoms with Crippen LogP contribution in [0.4, 0.5) is 0 Å². The molecule has 2 unspecified atom stereocenters. The highest BCUT2D eigenvalue weighted by molar-refractivity contribution is 6.06. The van der Waals surface area contributed by atoms with Crippen LogP contribution in [-0.4, -0.2) is 11.5 Å². The summed E-state index contributed by atoms with van der Waals surface area (Å²) in [5.74, 6) is 1.46. The van der Waals surface area contributed by atoms with Crippen molar-refractivity contribution in [1.29, 1.82) is 0 Å². The van der Waals surface area contributed by atoms with E-state index in [4.69, 9.17) is 4.99 Å². The molecular weight excluding hydrogens is 378 g/mol. The molecule has 1 fully saturated rings. The van der Waals surface area contributed by atoms with Crippen LogP contribution in [0, 0.1) is 11.3 Å². The minimum absolute atomic E-state index is 0.217. The predicted molar refractivity (Wildman–Crippen MR) is 131 cm³/mol. The Kier molecular flexibility index (Phi) is 6.74. The van der Waals surface area contributed by atoms with Crippen molar-refractivity contribution in [1.82, 2.24) is 0 Å². The van der Waals surface area contributed by atoms with Gasteiger partial charge in [0.15, 0.2) is 0 Å². The second kappa shape index (κ2) is 9.51. The molecular formula is C29H37NO. The van der Waals surface area contributed by atoms with Gasteiger partial charge in [0.2, 0.25) is 0 Å². The van der Waals surface area contributed by atoms with E-state index in [2.05, 4.69) is 63.3 Å². The number of nitrogens with zero attached hydrogens (tertiary/aromatic N) is 1. The highest BCUT2D eigenvalue weighted by atomic mass is 16.1. The maximum Gasteiger partial charge on any atom is 0.137 e. The van der Waals surface area contributed by atoms with Gasteiger partial charge in [0.1, 0.15) is 5.78 Å². The van der Waals surface area contributed by atoms with Gasteiger partial charge in [-0.05, 0) is 66.6 Å². The van der Waals surface area contributed by atoms with Gasteiger partial charge < -0.3 is 0 Å². The average Bonchev–Trinajstić information content (AvgIpc) is 3.11. The fourth-order valence-corrected chi connectivity index (χ4v) is 5.26. The lowest BCUT2D eigenvalue weighted by Gasteiger charge is -2.31. The van der Waals surface area contributed by atoms with Crippen molar-refractivity contribution in [2.75, 3.05) is 0 Å². The first kappa shape index (κ1) is 22.0. The highest BCUT2D eigenvalue weighted by Crippen LogP contribution is 2.40. The molecule has 0 amide bonds. The zero-order chi connectivity index (χ0) is 21.8. The molecule has 0 saturated heterocycles. The number of hydrogen-bond donors (Lipinski definition) is 0. The van der Waals surface area contributed by atoms with Crippen molar-refractivity contribution in [2.24, 2.45) is 16.3 Å². The van der Waals surface area contributed by atoms with Gasteiger partial charge in [0.25, 0.3) is 0 Å². The molecule has 2 aliphatic carbocycles. The van der Waals surface area contributed by atoms with Crippen LogP contribution in [0.2, 0.25) is 0 Å². The van der Waals surface area contributed by atoms with Gasteiger partial charge in [0, 0.05) is 25.0 Å². The van der Waals surface area contributed by atoms with Gasteiger partial charge in [0.05, 0.1) is 5.71 Å². The Labute approximate surface area is 188 Å². The highest BCUT2D eigenvalue weighted by Gasteiger charge is 2.30. The van der Waals surface area contributed by atoms with Crippen molar-refractivity contribution in [3.63, 3.8) is 0 Å². The third kappa shape index (κ3) is 5.73. The molecule has 0 N–H and O–H groups in total. The van der Waals surface area contributed by atoms with Gasteiger partial charge in [-0.25, -0.2) is 0 Å². The third-order valence-electron chi connectivity index (χ3n) is 7.03. The molecule has 2 nitrogen and oxygen atoms in total. The Morgan fingerprint density at radius 1 is 1.10 bits per heavy atom. The SMILES string of the molecule is CC(C)(C)CCC(=O)Cc1cccc(C2CCCC(C3=NC=CCC4=C3C=CC4)C2)c1. The zero-order valence-electron chi connectivity index (χ0n) is 19.5. The Balaban J connectivity index is 1.44. The molecule has 3 aliphatic rings. The molecule has 4 rings (SSSR count). The lowest BCUT2D eigenvalue weighted by molar-refractivity contribution is -0.118. The Hall–Kier alpha value is -2.22. The smallest absolute Gasteiger partial charge is 0.137 e.